The Morgan fingerprint density at radius 1 is 1.67 bits per heavy atom. The molecule has 1 fully saturated rings. The van der Waals surface area contributed by atoms with E-state index in [2.05, 4.69) is 15.3 Å². The molecule has 0 spiro atoms. The van der Waals surface area contributed by atoms with Crippen molar-refractivity contribution in [1.29, 1.82) is 0 Å². The zero-order chi connectivity index (χ0) is 11.1. The first-order valence-corrected chi connectivity index (χ1v) is 5.00. The number of H-pyrrole nitrogens is 1. The number of nitrogens with one attached hydrogen (secondary N) is 2. The van der Waals surface area contributed by atoms with Gasteiger partial charge in [-0.05, 0) is 6.42 Å². The topological polar surface area (TPSA) is 78.0 Å². The van der Waals surface area contributed by atoms with Gasteiger partial charge in [0.1, 0.15) is 0 Å². The van der Waals surface area contributed by atoms with Crippen molar-refractivity contribution < 1.29 is 5.11 Å². The monoisotopic (exact) mass is 209 g/mol. The summed E-state index contributed by atoms with van der Waals surface area (Å²) in [7, 11) is 0. The number of nitrogens with zero attached hydrogens (tertiary/aromatic N) is 1. The maximum Gasteiger partial charge on any atom is 0.290 e. The number of hydrogen-bond donors (Lipinski definition) is 3. The van der Waals surface area contributed by atoms with Gasteiger partial charge in [0.05, 0.1) is 6.10 Å². The second-order valence-electron chi connectivity index (χ2n) is 4.54. The highest BCUT2D eigenvalue weighted by molar-refractivity contribution is 5.34. The van der Waals surface area contributed by atoms with Crippen molar-refractivity contribution in [2.45, 2.75) is 32.4 Å². The lowest BCUT2D eigenvalue weighted by Gasteiger charge is -2.49. The average molecular weight is 209 g/mol. The molecule has 3 N–H and O–H groups in total. The number of aliphatic hydroxyl groups excluding tert-OH is 1. The van der Waals surface area contributed by atoms with E-state index in [1.54, 1.807) is 0 Å². The van der Waals surface area contributed by atoms with E-state index in [4.69, 9.17) is 0 Å². The molecule has 1 aromatic heterocycles. The van der Waals surface area contributed by atoms with Gasteiger partial charge in [0.2, 0.25) is 0 Å². The lowest BCUT2D eigenvalue weighted by Crippen LogP contribution is -2.57. The van der Waals surface area contributed by atoms with E-state index in [1.807, 2.05) is 13.8 Å². The summed E-state index contributed by atoms with van der Waals surface area (Å²) in [5.41, 5.74) is -0.432. The van der Waals surface area contributed by atoms with Crippen LogP contribution in [0.2, 0.25) is 0 Å². The normalized spacial score (nSPS) is 28.2. The summed E-state index contributed by atoms with van der Waals surface area (Å²) in [5, 5.41) is 12.6. The molecule has 82 valence electrons. The summed E-state index contributed by atoms with van der Waals surface area (Å²) < 4.78 is 0. The third-order valence-corrected chi connectivity index (χ3v) is 3.23. The molecule has 2 unspecified atom stereocenters. The Kier molecular flexibility index (Phi) is 2.26. The van der Waals surface area contributed by atoms with Crippen molar-refractivity contribution in [3.63, 3.8) is 0 Å². The number of aliphatic hydroxyl groups is 1. The van der Waals surface area contributed by atoms with Crippen LogP contribution < -0.4 is 10.9 Å². The van der Waals surface area contributed by atoms with Gasteiger partial charge in [0.25, 0.3) is 5.56 Å². The molecule has 0 amide bonds. The maximum absolute atomic E-state index is 11.3. The number of aromatic amines is 1. The van der Waals surface area contributed by atoms with Crippen molar-refractivity contribution in [3.05, 3.63) is 22.7 Å². The van der Waals surface area contributed by atoms with Gasteiger partial charge in [0, 0.05) is 23.9 Å². The van der Waals surface area contributed by atoms with Gasteiger partial charge >= 0.3 is 0 Å². The standard InChI is InChI=1S/C10H15N3O2/c1-10(2)6(5-7(10)14)13-8-9(15)12-4-3-11-8/h3-4,6-7,14H,5H2,1-2H3,(H,11,13)(H,12,15). The van der Waals surface area contributed by atoms with Crippen molar-refractivity contribution in [1.82, 2.24) is 9.97 Å². The first-order valence-electron chi connectivity index (χ1n) is 5.00. The van der Waals surface area contributed by atoms with Crippen molar-refractivity contribution in [2.24, 2.45) is 5.41 Å². The molecular formula is C10H15N3O2. The highest BCUT2D eigenvalue weighted by Gasteiger charge is 2.47. The smallest absolute Gasteiger partial charge is 0.290 e. The van der Waals surface area contributed by atoms with Crippen LogP contribution in [0.15, 0.2) is 17.2 Å². The summed E-state index contributed by atoms with van der Waals surface area (Å²) in [6.07, 6.45) is 3.38. The molecule has 0 bridgehead atoms. The summed E-state index contributed by atoms with van der Waals surface area (Å²) in [6.45, 7) is 3.94. The number of anilines is 1. The molecule has 1 aliphatic rings. The van der Waals surface area contributed by atoms with Gasteiger partial charge in [-0.25, -0.2) is 4.98 Å². The molecule has 0 aromatic carbocycles. The summed E-state index contributed by atoms with van der Waals surface area (Å²) in [4.78, 5) is 17.8. The molecule has 1 aliphatic carbocycles. The number of aromatic nitrogens is 2. The van der Waals surface area contributed by atoms with E-state index >= 15 is 0 Å². The van der Waals surface area contributed by atoms with Gasteiger partial charge in [-0.1, -0.05) is 13.8 Å². The van der Waals surface area contributed by atoms with Gasteiger partial charge in [0.15, 0.2) is 5.82 Å². The fraction of sp³-hybridized carbons (Fsp3) is 0.600. The third-order valence-electron chi connectivity index (χ3n) is 3.23. The zero-order valence-corrected chi connectivity index (χ0v) is 8.82. The number of hydrogen-bond acceptors (Lipinski definition) is 4. The Hall–Kier alpha value is -1.36. The van der Waals surface area contributed by atoms with Crippen LogP contribution in [0.25, 0.3) is 0 Å². The molecule has 2 rings (SSSR count). The minimum Gasteiger partial charge on any atom is -0.392 e. The van der Waals surface area contributed by atoms with Gasteiger partial charge in [-0.2, -0.15) is 0 Å². The van der Waals surface area contributed by atoms with E-state index in [0.717, 1.165) is 0 Å². The highest BCUT2D eigenvalue weighted by atomic mass is 16.3. The van der Waals surface area contributed by atoms with Crippen LogP contribution in [-0.4, -0.2) is 27.2 Å². The summed E-state index contributed by atoms with van der Waals surface area (Å²) >= 11 is 0. The van der Waals surface area contributed by atoms with Crippen LogP contribution in [0, 0.1) is 5.41 Å². The molecule has 0 saturated heterocycles. The van der Waals surface area contributed by atoms with E-state index in [0.29, 0.717) is 12.2 Å². The van der Waals surface area contributed by atoms with Gasteiger partial charge in [-0.3, -0.25) is 4.79 Å². The SMILES string of the molecule is CC1(C)C(O)CC1Nc1ncc[nH]c1=O. The summed E-state index contributed by atoms with van der Waals surface area (Å²) in [5.74, 6) is 0.322. The predicted molar refractivity (Wildman–Crippen MR) is 56.7 cm³/mol. The van der Waals surface area contributed by atoms with E-state index in [-0.39, 0.29) is 23.1 Å². The largest absolute Gasteiger partial charge is 0.392 e. The van der Waals surface area contributed by atoms with Crippen LogP contribution in [0.5, 0.6) is 0 Å². The molecule has 2 atom stereocenters. The lowest BCUT2D eigenvalue weighted by molar-refractivity contribution is -0.0512. The van der Waals surface area contributed by atoms with Crippen LogP contribution in [0.4, 0.5) is 5.82 Å². The first-order chi connectivity index (χ1) is 7.01. The Bertz CT molecular complexity index is 413. The molecular weight excluding hydrogens is 194 g/mol. The van der Waals surface area contributed by atoms with Crippen molar-refractivity contribution >= 4 is 5.82 Å². The minimum absolute atomic E-state index is 0.100. The van der Waals surface area contributed by atoms with Gasteiger partial charge in [-0.15, -0.1) is 0 Å². The summed E-state index contributed by atoms with van der Waals surface area (Å²) in [6, 6.07) is 0.100. The molecule has 0 aliphatic heterocycles. The molecule has 0 radical (unpaired) electrons. The van der Waals surface area contributed by atoms with Crippen molar-refractivity contribution in [2.75, 3.05) is 5.32 Å². The molecule has 5 heteroatoms. The Morgan fingerprint density at radius 3 is 2.93 bits per heavy atom. The van der Waals surface area contributed by atoms with Crippen molar-refractivity contribution in [3.8, 4) is 0 Å². The molecule has 1 aromatic rings. The van der Waals surface area contributed by atoms with Crippen LogP contribution in [0.1, 0.15) is 20.3 Å². The molecule has 1 saturated carbocycles. The van der Waals surface area contributed by atoms with E-state index in [1.165, 1.54) is 12.4 Å². The fourth-order valence-corrected chi connectivity index (χ4v) is 1.77. The van der Waals surface area contributed by atoms with Gasteiger partial charge < -0.3 is 15.4 Å². The zero-order valence-electron chi connectivity index (χ0n) is 8.82. The second kappa shape index (κ2) is 3.34. The van der Waals surface area contributed by atoms with E-state index in [9.17, 15) is 9.90 Å². The fourth-order valence-electron chi connectivity index (χ4n) is 1.77. The number of rotatable bonds is 2. The second-order valence-corrected chi connectivity index (χ2v) is 4.54. The minimum atomic E-state index is -0.308. The Morgan fingerprint density at radius 2 is 2.40 bits per heavy atom. The Labute approximate surface area is 87.6 Å². The van der Waals surface area contributed by atoms with Crippen LogP contribution >= 0.6 is 0 Å². The molecule has 1 heterocycles. The third kappa shape index (κ3) is 1.63. The maximum atomic E-state index is 11.3. The lowest BCUT2D eigenvalue weighted by atomic mass is 9.64. The molecule has 15 heavy (non-hydrogen) atoms. The highest BCUT2D eigenvalue weighted by Crippen LogP contribution is 2.41. The predicted octanol–water partition coefficient (Wildman–Crippen LogP) is 0.341. The van der Waals surface area contributed by atoms with Crippen LogP contribution in [-0.2, 0) is 0 Å². The Balaban J connectivity index is 2.12. The van der Waals surface area contributed by atoms with Crippen LogP contribution in [0.3, 0.4) is 0 Å². The quantitative estimate of drug-likeness (QED) is 0.656. The first kappa shape index (κ1) is 10.2. The average Bonchev–Trinajstić information content (AvgIpc) is 2.20. The van der Waals surface area contributed by atoms with E-state index < -0.39 is 0 Å². The molecule has 5 nitrogen and oxygen atoms in total.